The molecule has 132 valence electrons. The van der Waals surface area contributed by atoms with Crippen molar-refractivity contribution in [1.82, 2.24) is 20.0 Å². The predicted molar refractivity (Wildman–Crippen MR) is 104 cm³/mol. The fraction of sp³-hybridized carbons (Fsp3) is 0.750. The van der Waals surface area contributed by atoms with Crippen molar-refractivity contribution in [3.05, 3.63) is 17.0 Å². The van der Waals surface area contributed by atoms with Gasteiger partial charge in [-0.15, -0.1) is 24.0 Å². The summed E-state index contributed by atoms with van der Waals surface area (Å²) in [4.78, 5) is 6.75. The molecule has 1 aromatic heterocycles. The first-order valence-electron chi connectivity index (χ1n) is 8.09. The van der Waals surface area contributed by atoms with Gasteiger partial charge >= 0.3 is 0 Å². The fourth-order valence-electron chi connectivity index (χ4n) is 3.02. The highest BCUT2D eigenvalue weighted by Crippen LogP contribution is 2.17. The molecule has 1 N–H and O–H groups in total. The van der Waals surface area contributed by atoms with Gasteiger partial charge in [0.2, 0.25) is 0 Å². The van der Waals surface area contributed by atoms with E-state index in [1.54, 1.807) is 0 Å². The van der Waals surface area contributed by atoms with Gasteiger partial charge in [-0.1, -0.05) is 0 Å². The Balaban J connectivity index is 0.00000264. The van der Waals surface area contributed by atoms with Crippen LogP contribution in [0.4, 0.5) is 0 Å². The molecule has 23 heavy (non-hydrogen) atoms. The number of aromatic nitrogens is 2. The number of nitrogens with one attached hydrogen (secondary N) is 1. The smallest absolute Gasteiger partial charge is 0.193 e. The molecule has 0 saturated carbocycles. The van der Waals surface area contributed by atoms with Crippen LogP contribution in [0.1, 0.15) is 30.3 Å². The Hall–Kier alpha value is -0.830. The van der Waals surface area contributed by atoms with Gasteiger partial charge in [0.15, 0.2) is 5.96 Å². The first kappa shape index (κ1) is 20.2. The van der Waals surface area contributed by atoms with Crippen LogP contribution in [0.3, 0.4) is 0 Å². The van der Waals surface area contributed by atoms with Crippen LogP contribution in [0, 0.1) is 19.8 Å². The Morgan fingerprint density at radius 1 is 1.43 bits per heavy atom. The number of hydrogen-bond acceptors (Lipinski definition) is 3. The summed E-state index contributed by atoms with van der Waals surface area (Å²) < 4.78 is 7.48. The summed E-state index contributed by atoms with van der Waals surface area (Å²) in [6.45, 7) is 10.7. The monoisotopic (exact) mass is 435 g/mol. The zero-order chi connectivity index (χ0) is 16.1. The van der Waals surface area contributed by atoms with E-state index in [0.29, 0.717) is 5.92 Å². The van der Waals surface area contributed by atoms with Gasteiger partial charge in [-0.05, 0) is 27.2 Å². The second-order valence-corrected chi connectivity index (χ2v) is 5.93. The third-order valence-electron chi connectivity index (χ3n) is 4.44. The normalized spacial score (nSPS) is 18.2. The summed E-state index contributed by atoms with van der Waals surface area (Å²) in [7, 11) is 3.83. The fourth-order valence-corrected chi connectivity index (χ4v) is 3.02. The average Bonchev–Trinajstić information content (AvgIpc) is 3.05. The van der Waals surface area contributed by atoms with Gasteiger partial charge in [-0.3, -0.25) is 9.67 Å². The Morgan fingerprint density at radius 2 is 2.17 bits per heavy atom. The lowest BCUT2D eigenvalue weighted by molar-refractivity contribution is 0.114. The predicted octanol–water partition coefficient (Wildman–Crippen LogP) is 2.09. The van der Waals surface area contributed by atoms with Crippen molar-refractivity contribution in [1.29, 1.82) is 0 Å². The molecule has 0 spiro atoms. The summed E-state index contributed by atoms with van der Waals surface area (Å²) in [6.07, 6.45) is 1.17. The van der Waals surface area contributed by atoms with Crippen LogP contribution in [0.25, 0.3) is 0 Å². The molecule has 1 aromatic rings. The summed E-state index contributed by atoms with van der Waals surface area (Å²) in [6, 6.07) is 0. The number of rotatable bonds is 5. The molecule has 1 fully saturated rings. The first-order chi connectivity index (χ1) is 10.6. The molecule has 0 radical (unpaired) electrons. The number of aryl methyl sites for hydroxylation is 2. The van der Waals surface area contributed by atoms with Crippen LogP contribution in [-0.2, 0) is 18.3 Å². The zero-order valence-corrected chi connectivity index (χ0v) is 17.3. The van der Waals surface area contributed by atoms with Crippen LogP contribution in [0.5, 0.6) is 0 Å². The highest BCUT2D eigenvalue weighted by atomic mass is 127. The third-order valence-corrected chi connectivity index (χ3v) is 4.44. The standard InChI is InChI=1S/C16H29N5O.HI/c1-6-22-11-14-7-8-21(10-14)16(17-4)18-9-15-12(2)19-20(5)13(15)3;/h14H,6-11H2,1-5H3,(H,17,18);1H. The van der Waals surface area contributed by atoms with E-state index in [9.17, 15) is 0 Å². The number of halogens is 1. The van der Waals surface area contributed by atoms with Gasteiger partial charge in [0.05, 0.1) is 12.3 Å². The first-order valence-corrected chi connectivity index (χ1v) is 8.09. The van der Waals surface area contributed by atoms with Crippen LogP contribution < -0.4 is 5.32 Å². The number of guanidine groups is 1. The van der Waals surface area contributed by atoms with E-state index in [0.717, 1.165) is 44.5 Å². The molecule has 1 saturated heterocycles. The van der Waals surface area contributed by atoms with Crippen LogP contribution >= 0.6 is 24.0 Å². The molecule has 2 rings (SSSR count). The number of likely N-dealkylation sites (tertiary alicyclic amines) is 1. The van der Waals surface area contributed by atoms with E-state index in [2.05, 4.69) is 34.2 Å². The van der Waals surface area contributed by atoms with Crippen LogP contribution in [0.15, 0.2) is 4.99 Å². The third kappa shape index (κ3) is 5.07. The minimum atomic E-state index is 0. The molecule has 7 heteroatoms. The summed E-state index contributed by atoms with van der Waals surface area (Å²) in [5.41, 5.74) is 3.54. The molecule has 1 aliphatic rings. The topological polar surface area (TPSA) is 54.7 Å². The van der Waals surface area contributed by atoms with Crippen molar-refractivity contribution >= 4 is 29.9 Å². The maximum Gasteiger partial charge on any atom is 0.193 e. The molecular weight excluding hydrogens is 405 g/mol. The Morgan fingerprint density at radius 3 is 2.74 bits per heavy atom. The second-order valence-electron chi connectivity index (χ2n) is 5.93. The SMILES string of the molecule is CCOCC1CCN(C(=NC)NCc2c(C)nn(C)c2C)C1.I. The van der Waals surface area contributed by atoms with Gasteiger partial charge in [-0.2, -0.15) is 5.10 Å². The van der Waals surface area contributed by atoms with Crippen molar-refractivity contribution in [3.8, 4) is 0 Å². The number of aliphatic imine (C=N–C) groups is 1. The van der Waals surface area contributed by atoms with E-state index >= 15 is 0 Å². The number of nitrogens with zero attached hydrogens (tertiary/aromatic N) is 4. The zero-order valence-electron chi connectivity index (χ0n) is 14.9. The van der Waals surface area contributed by atoms with Gasteiger partial charge in [-0.25, -0.2) is 0 Å². The molecule has 6 nitrogen and oxygen atoms in total. The molecule has 0 amide bonds. The number of hydrogen-bond donors (Lipinski definition) is 1. The van der Waals surface area contributed by atoms with Gasteiger partial charge in [0.1, 0.15) is 0 Å². The molecule has 1 unspecified atom stereocenters. The van der Waals surface area contributed by atoms with E-state index < -0.39 is 0 Å². The highest BCUT2D eigenvalue weighted by Gasteiger charge is 2.25. The summed E-state index contributed by atoms with van der Waals surface area (Å²) in [5, 5.41) is 7.95. The Bertz CT molecular complexity index is 529. The van der Waals surface area contributed by atoms with Crippen LogP contribution in [0.2, 0.25) is 0 Å². The minimum Gasteiger partial charge on any atom is -0.381 e. The van der Waals surface area contributed by atoms with E-state index in [-0.39, 0.29) is 24.0 Å². The van der Waals surface area contributed by atoms with Crippen molar-refractivity contribution in [2.24, 2.45) is 18.0 Å². The van der Waals surface area contributed by atoms with E-state index in [4.69, 9.17) is 4.74 Å². The van der Waals surface area contributed by atoms with E-state index in [1.807, 2.05) is 25.7 Å². The molecule has 2 heterocycles. The van der Waals surface area contributed by atoms with Gasteiger partial charge < -0.3 is 15.0 Å². The summed E-state index contributed by atoms with van der Waals surface area (Å²) >= 11 is 0. The highest BCUT2D eigenvalue weighted by molar-refractivity contribution is 14.0. The minimum absolute atomic E-state index is 0. The van der Waals surface area contributed by atoms with Crippen molar-refractivity contribution in [2.75, 3.05) is 33.4 Å². The lowest BCUT2D eigenvalue weighted by Crippen LogP contribution is -2.40. The number of ether oxygens (including phenoxy) is 1. The quantitative estimate of drug-likeness (QED) is 0.437. The Labute approximate surface area is 156 Å². The lowest BCUT2D eigenvalue weighted by atomic mass is 10.1. The molecular formula is C16H30IN5O. The lowest BCUT2D eigenvalue weighted by Gasteiger charge is -2.22. The van der Waals surface area contributed by atoms with Crippen LogP contribution in [-0.4, -0.2) is 54.0 Å². The van der Waals surface area contributed by atoms with Gasteiger partial charge in [0, 0.05) is 57.5 Å². The molecule has 0 bridgehead atoms. The second kappa shape index (κ2) is 9.46. The largest absolute Gasteiger partial charge is 0.381 e. The molecule has 1 atom stereocenters. The maximum absolute atomic E-state index is 5.54. The molecule has 0 aliphatic carbocycles. The van der Waals surface area contributed by atoms with Crippen molar-refractivity contribution in [3.63, 3.8) is 0 Å². The Kier molecular flexibility index (Phi) is 8.32. The molecule has 1 aliphatic heterocycles. The average molecular weight is 435 g/mol. The molecule has 0 aromatic carbocycles. The van der Waals surface area contributed by atoms with E-state index in [1.165, 1.54) is 17.7 Å². The van der Waals surface area contributed by atoms with Crippen molar-refractivity contribution in [2.45, 2.75) is 33.7 Å². The van der Waals surface area contributed by atoms with Gasteiger partial charge in [0.25, 0.3) is 0 Å². The van der Waals surface area contributed by atoms with Crippen molar-refractivity contribution < 1.29 is 4.74 Å². The maximum atomic E-state index is 5.54. The summed E-state index contributed by atoms with van der Waals surface area (Å²) in [5.74, 6) is 1.59.